The number of rotatable bonds is 8. The lowest BCUT2D eigenvalue weighted by Crippen LogP contribution is -2.41. The quantitative estimate of drug-likeness (QED) is 0.558. The molecule has 1 rings (SSSR count). The van der Waals surface area contributed by atoms with Gasteiger partial charge >= 0.3 is 17.9 Å². The van der Waals surface area contributed by atoms with E-state index in [-0.39, 0.29) is 13.0 Å². The molecule has 132 valence electrons. The number of carbonyl (C=O) groups is 3. The van der Waals surface area contributed by atoms with E-state index in [1.165, 1.54) is 0 Å². The van der Waals surface area contributed by atoms with Gasteiger partial charge in [0.15, 0.2) is 6.10 Å². The van der Waals surface area contributed by atoms with Crippen LogP contribution in [0.3, 0.4) is 0 Å². The predicted octanol–water partition coefficient (Wildman–Crippen LogP) is 1.05. The Hall–Kier alpha value is -2.41. The monoisotopic (exact) mass is 338 g/mol. The zero-order valence-electron chi connectivity index (χ0n) is 13.9. The van der Waals surface area contributed by atoms with Crippen LogP contribution in [0.4, 0.5) is 0 Å². The molecule has 0 saturated heterocycles. The minimum atomic E-state index is -1.76. The smallest absolute Gasteiger partial charge is 0.335 e. The van der Waals surface area contributed by atoms with Gasteiger partial charge in [0.05, 0.1) is 27.2 Å². The highest BCUT2D eigenvalue weighted by atomic mass is 16.5. The molecule has 0 aliphatic carbocycles. The second kappa shape index (κ2) is 9.67. The molecule has 7 heteroatoms. The van der Waals surface area contributed by atoms with Crippen molar-refractivity contribution in [2.75, 3.05) is 20.8 Å². The number of hydrogen-bond acceptors (Lipinski definition) is 7. The summed E-state index contributed by atoms with van der Waals surface area (Å²) in [5, 5.41) is 10.2. The maximum Gasteiger partial charge on any atom is 0.335 e. The van der Waals surface area contributed by atoms with Crippen LogP contribution in [0, 0.1) is 5.92 Å². The van der Waals surface area contributed by atoms with Crippen molar-refractivity contribution in [2.45, 2.75) is 25.4 Å². The fraction of sp³-hybridized carbons (Fsp3) is 0.471. The van der Waals surface area contributed by atoms with Gasteiger partial charge in [0, 0.05) is 5.92 Å². The molecule has 0 radical (unpaired) electrons. The molecule has 0 saturated carbocycles. The molecule has 0 aliphatic heterocycles. The van der Waals surface area contributed by atoms with Crippen LogP contribution in [0.5, 0.6) is 0 Å². The third-order valence-corrected chi connectivity index (χ3v) is 3.61. The van der Waals surface area contributed by atoms with Gasteiger partial charge in [-0.15, -0.1) is 0 Å². The lowest BCUT2D eigenvalue weighted by molar-refractivity contribution is -0.165. The Bertz CT molecular complexity index is 555. The second-order valence-electron chi connectivity index (χ2n) is 5.04. The third-order valence-electron chi connectivity index (χ3n) is 3.61. The van der Waals surface area contributed by atoms with Crippen molar-refractivity contribution >= 4 is 17.9 Å². The van der Waals surface area contributed by atoms with Crippen molar-refractivity contribution in [3.8, 4) is 0 Å². The molecular weight excluding hydrogens is 316 g/mol. The Morgan fingerprint density at radius 2 is 1.62 bits per heavy atom. The van der Waals surface area contributed by atoms with Crippen molar-refractivity contribution in [1.29, 1.82) is 0 Å². The first-order valence-corrected chi connectivity index (χ1v) is 7.50. The summed E-state index contributed by atoms with van der Waals surface area (Å²) in [5.41, 5.74) is 0.601. The van der Waals surface area contributed by atoms with E-state index < -0.39 is 35.8 Å². The van der Waals surface area contributed by atoms with Crippen LogP contribution in [0.1, 0.15) is 24.8 Å². The van der Waals surface area contributed by atoms with E-state index in [1.807, 2.05) is 0 Å². The summed E-state index contributed by atoms with van der Waals surface area (Å²) in [4.78, 5) is 35.8. The molecule has 24 heavy (non-hydrogen) atoms. The van der Waals surface area contributed by atoms with Crippen molar-refractivity contribution in [3.63, 3.8) is 0 Å². The van der Waals surface area contributed by atoms with Crippen LogP contribution >= 0.6 is 0 Å². The first-order chi connectivity index (χ1) is 11.5. The zero-order chi connectivity index (χ0) is 18.1. The molecule has 0 aliphatic rings. The minimum Gasteiger partial charge on any atom is -0.469 e. The molecule has 0 bridgehead atoms. The van der Waals surface area contributed by atoms with Crippen LogP contribution in [0.25, 0.3) is 0 Å². The highest BCUT2D eigenvalue weighted by molar-refractivity contribution is 5.85. The molecule has 1 aromatic rings. The molecule has 0 unspecified atom stereocenters. The third kappa shape index (κ3) is 5.06. The summed E-state index contributed by atoms with van der Waals surface area (Å²) >= 11 is 0. The summed E-state index contributed by atoms with van der Waals surface area (Å²) in [6, 6.07) is 8.63. The van der Waals surface area contributed by atoms with Crippen LogP contribution in [0.15, 0.2) is 30.3 Å². The number of carbonyl (C=O) groups excluding carboxylic acids is 3. The highest BCUT2D eigenvalue weighted by Gasteiger charge is 2.41. The summed E-state index contributed by atoms with van der Waals surface area (Å²) < 4.78 is 14.2. The number of ether oxygens (including phenoxy) is 3. The molecule has 1 N–H and O–H groups in total. The van der Waals surface area contributed by atoms with Crippen molar-refractivity contribution in [1.82, 2.24) is 0 Å². The molecular formula is C17H22O7. The van der Waals surface area contributed by atoms with Crippen LogP contribution < -0.4 is 0 Å². The summed E-state index contributed by atoms with van der Waals surface area (Å²) in [5.74, 6) is -4.43. The fourth-order valence-corrected chi connectivity index (χ4v) is 2.47. The number of methoxy groups -OCH3 is 2. The van der Waals surface area contributed by atoms with E-state index in [0.29, 0.717) is 5.56 Å². The number of esters is 3. The van der Waals surface area contributed by atoms with E-state index in [0.717, 1.165) is 14.2 Å². The first-order valence-electron chi connectivity index (χ1n) is 7.50. The standard InChI is InChI=1S/C17H22O7/c1-4-24-13(18)10-12(11-8-6-5-7-9-11)14(16(20)22-2)15(19)17(21)23-3/h5-9,12,14-15,19H,4,10H2,1-3H3/t12-,14-,15-/m1/s1. The average Bonchev–Trinajstić information content (AvgIpc) is 2.60. The van der Waals surface area contributed by atoms with Gasteiger partial charge in [-0.1, -0.05) is 30.3 Å². The topological polar surface area (TPSA) is 99.1 Å². The second-order valence-corrected chi connectivity index (χ2v) is 5.04. The SMILES string of the molecule is CCOC(=O)C[C@H](c1ccccc1)[C@@H](C(=O)OC)[C@@H](O)C(=O)OC. The summed E-state index contributed by atoms with van der Waals surface area (Å²) in [7, 11) is 2.24. The largest absolute Gasteiger partial charge is 0.469 e. The fourth-order valence-electron chi connectivity index (χ4n) is 2.47. The van der Waals surface area contributed by atoms with Crippen molar-refractivity contribution in [2.24, 2.45) is 5.92 Å². The predicted molar refractivity (Wildman–Crippen MR) is 84.0 cm³/mol. The zero-order valence-corrected chi connectivity index (χ0v) is 13.9. The molecule has 0 spiro atoms. The minimum absolute atomic E-state index is 0.183. The van der Waals surface area contributed by atoms with Gasteiger partial charge in [-0.25, -0.2) is 4.79 Å². The van der Waals surface area contributed by atoms with Crippen LogP contribution in [-0.2, 0) is 28.6 Å². The van der Waals surface area contributed by atoms with Gasteiger partial charge in [0.2, 0.25) is 0 Å². The number of benzene rings is 1. The Balaban J connectivity index is 3.26. The molecule has 0 amide bonds. The lowest BCUT2D eigenvalue weighted by atomic mass is 9.80. The van der Waals surface area contributed by atoms with Gasteiger partial charge in [0.1, 0.15) is 5.92 Å². The lowest BCUT2D eigenvalue weighted by Gasteiger charge is -2.27. The molecule has 3 atom stereocenters. The summed E-state index contributed by atoms with van der Waals surface area (Å²) in [6.45, 7) is 1.85. The molecule has 1 aromatic carbocycles. The van der Waals surface area contributed by atoms with E-state index in [1.54, 1.807) is 37.3 Å². The Morgan fingerprint density at radius 1 is 1.04 bits per heavy atom. The highest BCUT2D eigenvalue weighted by Crippen LogP contribution is 2.32. The maximum absolute atomic E-state index is 12.2. The normalized spacial score (nSPS) is 14.2. The Labute approximate surface area is 140 Å². The molecule has 0 heterocycles. The van der Waals surface area contributed by atoms with E-state index in [9.17, 15) is 19.5 Å². The van der Waals surface area contributed by atoms with E-state index in [2.05, 4.69) is 4.74 Å². The van der Waals surface area contributed by atoms with Crippen LogP contribution in [0.2, 0.25) is 0 Å². The van der Waals surface area contributed by atoms with Crippen LogP contribution in [-0.4, -0.2) is 49.9 Å². The number of aliphatic hydroxyl groups excluding tert-OH is 1. The van der Waals surface area contributed by atoms with Crippen molar-refractivity contribution < 1.29 is 33.7 Å². The van der Waals surface area contributed by atoms with Gasteiger partial charge in [0.25, 0.3) is 0 Å². The number of hydrogen-bond donors (Lipinski definition) is 1. The van der Waals surface area contributed by atoms with E-state index in [4.69, 9.17) is 9.47 Å². The Kier molecular flexibility index (Phi) is 7.91. The van der Waals surface area contributed by atoms with Gasteiger partial charge in [-0.05, 0) is 12.5 Å². The number of aliphatic hydroxyl groups is 1. The Morgan fingerprint density at radius 3 is 2.12 bits per heavy atom. The summed E-state index contributed by atoms with van der Waals surface area (Å²) in [6.07, 6.45) is -1.95. The first kappa shape index (κ1) is 19.6. The van der Waals surface area contributed by atoms with Crippen molar-refractivity contribution in [3.05, 3.63) is 35.9 Å². The maximum atomic E-state index is 12.2. The molecule has 0 fully saturated rings. The van der Waals surface area contributed by atoms with Gasteiger partial charge in [-0.3, -0.25) is 9.59 Å². The van der Waals surface area contributed by atoms with E-state index >= 15 is 0 Å². The average molecular weight is 338 g/mol. The van der Waals surface area contributed by atoms with Gasteiger partial charge in [-0.2, -0.15) is 0 Å². The van der Waals surface area contributed by atoms with Gasteiger partial charge < -0.3 is 19.3 Å². The molecule has 0 aromatic heterocycles. The molecule has 7 nitrogen and oxygen atoms in total.